The van der Waals surface area contributed by atoms with E-state index in [4.69, 9.17) is 33.2 Å². The van der Waals surface area contributed by atoms with Gasteiger partial charge in [-0.2, -0.15) is 0 Å². The van der Waals surface area contributed by atoms with E-state index in [0.29, 0.717) is 11.5 Å². The largest absolute Gasteiger partial charge is 0.456 e. The number of carbonyl (C=O) groups is 3. The zero-order valence-electron chi connectivity index (χ0n) is 32.9. The van der Waals surface area contributed by atoms with Crippen molar-refractivity contribution in [2.45, 2.75) is 102 Å². The van der Waals surface area contributed by atoms with Gasteiger partial charge in [0.15, 0.2) is 25.5 Å². The van der Waals surface area contributed by atoms with E-state index < -0.39 is 82.3 Å². The van der Waals surface area contributed by atoms with Crippen molar-refractivity contribution in [1.82, 2.24) is 0 Å². The van der Waals surface area contributed by atoms with Crippen LogP contribution in [-0.4, -0.2) is 125 Å². The van der Waals surface area contributed by atoms with Gasteiger partial charge in [0.2, 0.25) is 0 Å². The predicted molar refractivity (Wildman–Crippen MR) is 197 cm³/mol. The first-order valence-corrected chi connectivity index (χ1v) is 20.6. The minimum Gasteiger partial charge on any atom is -0.456 e. The second-order valence-electron chi connectivity index (χ2n) is 15.5. The van der Waals surface area contributed by atoms with Crippen LogP contribution < -0.4 is 0 Å². The number of carbonyl (C=O) groups excluding carboxylic acids is 3. The van der Waals surface area contributed by atoms with Gasteiger partial charge in [-0.25, -0.2) is 9.59 Å². The number of thioether (sulfide) groups is 2. The molecule has 2 saturated carbocycles. The standard InChI is InChI=1S/C38H54O13S2.2Ac/c1-21(2)29(48-18-45-17-46-19-52-7)34(42)50-24-15-38(44)32(51-33(41)23-12-10-9-11-13-23)30-36(6,31(40)28(39)27(22(24)3)35(38,4)5)25(49-20-53-8)14-26-37(30,43)16-47-26;;/h9-13,21,24-26,28-30,32,39,43-44H,14-20H2,1-8H3;;/t24?,25?,26?,28?,29?,30?,32?,36-,37?,38?;;/m1../s1. The second kappa shape index (κ2) is 20.6. The topological polar surface area (TPSA) is 177 Å². The molecule has 1 heterocycles. The maximum absolute atomic E-state index is 15.0. The van der Waals surface area contributed by atoms with Gasteiger partial charge in [-0.05, 0) is 55.6 Å². The van der Waals surface area contributed by atoms with Crippen molar-refractivity contribution < 1.29 is 151 Å². The van der Waals surface area contributed by atoms with Gasteiger partial charge in [-0.15, -0.1) is 23.5 Å². The summed E-state index contributed by atoms with van der Waals surface area (Å²) in [6, 6.07) is 8.21. The maximum Gasteiger partial charge on any atom is 0.338 e. The maximum atomic E-state index is 15.0. The molecule has 55 heavy (non-hydrogen) atoms. The number of hydrogen-bond donors (Lipinski definition) is 3. The van der Waals surface area contributed by atoms with Gasteiger partial charge in [0.25, 0.3) is 0 Å². The number of esters is 2. The molecule has 17 heteroatoms. The Balaban J connectivity index is 0.00000406. The number of fused-ring (bicyclic) bond motifs is 5. The number of ketones is 1. The first-order chi connectivity index (χ1) is 25.0. The van der Waals surface area contributed by atoms with Crippen LogP contribution in [0.5, 0.6) is 0 Å². The Hall–Kier alpha value is 0.833. The Bertz CT molecular complexity index is 1530. The van der Waals surface area contributed by atoms with E-state index in [1.807, 2.05) is 12.5 Å². The van der Waals surface area contributed by atoms with Gasteiger partial charge in [0.1, 0.15) is 29.5 Å². The van der Waals surface area contributed by atoms with Crippen molar-refractivity contribution in [1.29, 1.82) is 0 Å². The summed E-state index contributed by atoms with van der Waals surface area (Å²) >= 11 is 2.87. The molecular formula is C38H54Ac2O13S2. The van der Waals surface area contributed by atoms with Crippen LogP contribution in [0.4, 0.5) is 0 Å². The minimum absolute atomic E-state index is 0. The molecule has 1 saturated heterocycles. The van der Waals surface area contributed by atoms with Crippen molar-refractivity contribution >= 4 is 41.2 Å². The third-order valence-corrected chi connectivity index (χ3v) is 12.5. The zero-order valence-corrected chi connectivity index (χ0v) is 44.0. The van der Waals surface area contributed by atoms with E-state index in [-0.39, 0.29) is 144 Å². The Morgan fingerprint density at radius 1 is 0.982 bits per heavy atom. The Kier molecular flexibility index (Phi) is 18.8. The Labute approximate surface area is 403 Å². The van der Waals surface area contributed by atoms with Gasteiger partial charge < -0.3 is 48.5 Å². The summed E-state index contributed by atoms with van der Waals surface area (Å²) in [6.45, 7) is 9.65. The molecule has 3 fully saturated rings. The van der Waals surface area contributed by atoms with E-state index in [1.165, 1.54) is 23.5 Å². The molecule has 13 nitrogen and oxygen atoms in total. The number of ether oxygens (including phenoxy) is 7. The van der Waals surface area contributed by atoms with Crippen molar-refractivity contribution in [2.75, 3.05) is 44.6 Å². The van der Waals surface area contributed by atoms with E-state index in [1.54, 1.807) is 71.9 Å². The summed E-state index contributed by atoms with van der Waals surface area (Å²) in [5, 5.41) is 38.1. The number of aliphatic hydroxyl groups is 3. The predicted octanol–water partition coefficient (Wildman–Crippen LogP) is 3.72. The number of Topliss-reactive ketones (excluding diaryl/α,β-unsaturated/α-hetero) is 1. The van der Waals surface area contributed by atoms with Crippen LogP contribution in [0, 0.1) is 111 Å². The molecule has 1 aromatic carbocycles. The van der Waals surface area contributed by atoms with Gasteiger partial charge >= 0.3 is 11.9 Å². The van der Waals surface area contributed by atoms with Crippen LogP contribution >= 0.6 is 23.5 Å². The molecule has 4 aliphatic rings. The molecule has 2 radical (unpaired) electrons. The summed E-state index contributed by atoms with van der Waals surface area (Å²) in [7, 11) is 0. The molecular weight excluding hydrogens is 1180 g/mol. The third-order valence-electron chi connectivity index (χ3n) is 11.8. The van der Waals surface area contributed by atoms with Crippen LogP contribution in [0.25, 0.3) is 0 Å². The summed E-state index contributed by atoms with van der Waals surface area (Å²) < 4.78 is 41.0. The van der Waals surface area contributed by atoms with E-state index in [0.717, 1.165) is 0 Å². The molecule has 1 aliphatic heterocycles. The Morgan fingerprint density at radius 3 is 2.22 bits per heavy atom. The molecule has 0 amide bonds. The van der Waals surface area contributed by atoms with Crippen LogP contribution in [0.2, 0.25) is 0 Å². The number of rotatable bonds is 15. The minimum atomic E-state index is -2.13. The first-order valence-electron chi connectivity index (χ1n) is 17.8. The molecule has 5 rings (SSSR count). The fraction of sp³-hybridized carbons (Fsp3) is 0.711. The normalized spacial score (nSPS) is 34.1. The fourth-order valence-electron chi connectivity index (χ4n) is 8.82. The van der Waals surface area contributed by atoms with Gasteiger partial charge in [0.05, 0.1) is 41.7 Å². The number of hydrogen-bond acceptors (Lipinski definition) is 15. The average molecular weight is 1240 g/mol. The molecule has 3 aliphatic carbocycles. The van der Waals surface area contributed by atoms with Gasteiger partial charge in [0, 0.05) is 112 Å². The molecule has 9 unspecified atom stereocenters. The summed E-state index contributed by atoms with van der Waals surface area (Å²) in [5.74, 6) is -3.26. The zero-order chi connectivity index (χ0) is 38.9. The second-order valence-corrected chi connectivity index (χ2v) is 17.1. The molecule has 10 atom stereocenters. The van der Waals surface area contributed by atoms with Crippen molar-refractivity contribution in [3.8, 4) is 0 Å². The molecule has 0 aromatic heterocycles. The van der Waals surface area contributed by atoms with Crippen molar-refractivity contribution in [2.24, 2.45) is 22.7 Å². The number of benzene rings is 1. The first kappa shape index (κ1) is 50.2. The van der Waals surface area contributed by atoms with Crippen LogP contribution in [0.3, 0.4) is 0 Å². The van der Waals surface area contributed by atoms with E-state index >= 15 is 4.79 Å². The Morgan fingerprint density at radius 2 is 1.64 bits per heavy atom. The molecule has 2 bridgehead atoms. The monoisotopic (exact) mass is 1240 g/mol. The molecule has 1 aromatic rings. The van der Waals surface area contributed by atoms with Gasteiger partial charge in [-0.3, -0.25) is 4.79 Å². The quantitative estimate of drug-likeness (QED) is 0.100. The van der Waals surface area contributed by atoms with E-state index in [2.05, 4.69) is 0 Å². The fourth-order valence-corrected chi connectivity index (χ4v) is 9.35. The SMILES string of the molecule is CSCOCOCOC(C(=O)OC1CC2(O)C(OC(=O)c3ccccc3)C3C4(O)COC4CC(OCSC)[C@@]3(C)C(=O)C(O)C(=C1C)C2(C)C)C(C)C.[Ac].[Ac]. The van der Waals surface area contributed by atoms with Crippen LogP contribution in [0.15, 0.2) is 41.5 Å². The summed E-state index contributed by atoms with van der Waals surface area (Å²) in [4.78, 5) is 42.9. The van der Waals surface area contributed by atoms with Gasteiger partial charge in [-0.1, -0.05) is 45.9 Å². The van der Waals surface area contributed by atoms with Crippen molar-refractivity contribution in [3.05, 3.63) is 47.0 Å². The van der Waals surface area contributed by atoms with Crippen molar-refractivity contribution in [3.63, 3.8) is 0 Å². The molecule has 302 valence electrons. The van der Waals surface area contributed by atoms with Crippen LogP contribution in [0.1, 0.15) is 64.7 Å². The number of aliphatic hydroxyl groups excluding tert-OH is 1. The third kappa shape index (κ3) is 9.51. The van der Waals surface area contributed by atoms with E-state index in [9.17, 15) is 24.9 Å². The smallest absolute Gasteiger partial charge is 0.338 e. The molecule has 3 N–H and O–H groups in total. The summed E-state index contributed by atoms with van der Waals surface area (Å²) in [5.41, 5.74) is -6.34. The summed E-state index contributed by atoms with van der Waals surface area (Å²) in [6.07, 6.45) is -3.80. The average Bonchev–Trinajstić information content (AvgIpc) is 3.11. The van der Waals surface area contributed by atoms with Crippen LogP contribution in [-0.2, 0) is 42.7 Å². The molecule has 0 spiro atoms.